The Balaban J connectivity index is 1.46. The van der Waals surface area contributed by atoms with Gasteiger partial charge < -0.3 is 33.5 Å². The number of methoxy groups -OCH3 is 2. The summed E-state index contributed by atoms with van der Waals surface area (Å²) in [5.41, 5.74) is 0.979. The third-order valence-electron chi connectivity index (χ3n) is 7.10. The lowest BCUT2D eigenvalue weighted by Gasteiger charge is -2.57. The number of hydrogen-bond acceptors (Lipinski definition) is 8. The van der Waals surface area contributed by atoms with Crippen molar-refractivity contribution in [1.29, 1.82) is 0 Å². The standard InChI is InChI=1S/C26H40O8/c1-6-19-23-24(34-26(3,30-5)25(2,29-4)33-23)22(28)20(32-19)15-11-8-12-16-21(27)31-17-18-13-9-7-10-14-18/h7,9-10,13-14,19-20,22-24,28H,6,8,11-12,15-17H2,1-5H3/t19?,20-,22?,23-,24-,25?,26?/m1/s1. The van der Waals surface area contributed by atoms with Gasteiger partial charge in [-0.2, -0.15) is 0 Å². The van der Waals surface area contributed by atoms with E-state index in [0.29, 0.717) is 25.9 Å². The van der Waals surface area contributed by atoms with Crippen molar-refractivity contribution < 1.29 is 38.3 Å². The highest BCUT2D eigenvalue weighted by molar-refractivity contribution is 5.69. The van der Waals surface area contributed by atoms with Crippen LogP contribution in [0.1, 0.15) is 64.9 Å². The molecule has 3 rings (SSSR count). The Morgan fingerprint density at radius 3 is 2.24 bits per heavy atom. The van der Waals surface area contributed by atoms with E-state index in [0.717, 1.165) is 24.8 Å². The molecule has 0 spiro atoms. The molecule has 0 bridgehead atoms. The largest absolute Gasteiger partial charge is 0.461 e. The van der Waals surface area contributed by atoms with Crippen molar-refractivity contribution in [2.24, 2.45) is 0 Å². The number of aliphatic hydroxyl groups is 1. The smallest absolute Gasteiger partial charge is 0.306 e. The van der Waals surface area contributed by atoms with Gasteiger partial charge in [-0.15, -0.1) is 0 Å². The number of benzene rings is 1. The van der Waals surface area contributed by atoms with Crippen LogP contribution in [0.3, 0.4) is 0 Å². The summed E-state index contributed by atoms with van der Waals surface area (Å²) in [6, 6.07) is 9.65. The van der Waals surface area contributed by atoms with Crippen LogP contribution in [0.5, 0.6) is 0 Å². The van der Waals surface area contributed by atoms with E-state index < -0.39 is 29.9 Å². The maximum atomic E-state index is 12.0. The minimum atomic E-state index is -1.18. The molecule has 192 valence electrons. The van der Waals surface area contributed by atoms with Gasteiger partial charge in [0.05, 0.1) is 12.2 Å². The Morgan fingerprint density at radius 1 is 0.971 bits per heavy atom. The highest BCUT2D eigenvalue weighted by Crippen LogP contribution is 2.44. The van der Waals surface area contributed by atoms with Gasteiger partial charge in [0, 0.05) is 20.6 Å². The average Bonchev–Trinajstić information content (AvgIpc) is 2.85. The topological polar surface area (TPSA) is 92.7 Å². The Bertz CT molecular complexity index is 773. The Kier molecular flexibility index (Phi) is 9.49. The van der Waals surface area contributed by atoms with Gasteiger partial charge in [0.15, 0.2) is 0 Å². The maximum Gasteiger partial charge on any atom is 0.306 e. The molecule has 0 radical (unpaired) electrons. The molecule has 0 aromatic heterocycles. The van der Waals surface area contributed by atoms with Crippen molar-refractivity contribution in [3.05, 3.63) is 35.9 Å². The van der Waals surface area contributed by atoms with Crippen molar-refractivity contribution >= 4 is 5.97 Å². The van der Waals surface area contributed by atoms with Crippen molar-refractivity contribution in [3.63, 3.8) is 0 Å². The summed E-state index contributed by atoms with van der Waals surface area (Å²) in [7, 11) is 3.08. The molecule has 2 aliphatic rings. The molecule has 2 fully saturated rings. The number of carbonyl (C=O) groups excluding carboxylic acids is 1. The molecule has 1 aromatic carbocycles. The summed E-state index contributed by atoms with van der Waals surface area (Å²) in [6.07, 6.45) is 1.60. The number of aliphatic hydroxyl groups excluding tert-OH is 1. The van der Waals surface area contributed by atoms with Gasteiger partial charge >= 0.3 is 5.97 Å². The van der Waals surface area contributed by atoms with E-state index in [4.69, 9.17) is 28.4 Å². The van der Waals surface area contributed by atoms with Crippen LogP contribution in [0.2, 0.25) is 0 Å². The quantitative estimate of drug-likeness (QED) is 0.378. The van der Waals surface area contributed by atoms with Crippen LogP contribution in [-0.4, -0.2) is 67.4 Å². The van der Waals surface area contributed by atoms with Crippen molar-refractivity contribution in [1.82, 2.24) is 0 Å². The van der Waals surface area contributed by atoms with Crippen molar-refractivity contribution in [3.8, 4) is 0 Å². The van der Waals surface area contributed by atoms with Crippen LogP contribution >= 0.6 is 0 Å². The predicted molar refractivity (Wildman–Crippen MR) is 125 cm³/mol. The second-order valence-electron chi connectivity index (χ2n) is 9.32. The number of rotatable bonds is 11. The van der Waals surface area contributed by atoms with Gasteiger partial charge in [0.2, 0.25) is 11.6 Å². The van der Waals surface area contributed by atoms with Crippen LogP contribution in [-0.2, 0) is 39.8 Å². The summed E-state index contributed by atoms with van der Waals surface area (Å²) in [4.78, 5) is 12.0. The van der Waals surface area contributed by atoms with Crippen LogP contribution < -0.4 is 0 Å². The number of esters is 1. The minimum Gasteiger partial charge on any atom is -0.461 e. The first kappa shape index (κ1) is 27.0. The lowest BCUT2D eigenvalue weighted by atomic mass is 9.88. The monoisotopic (exact) mass is 480 g/mol. The minimum absolute atomic E-state index is 0.195. The number of hydrogen-bond donors (Lipinski definition) is 1. The fourth-order valence-corrected chi connectivity index (χ4v) is 4.65. The second-order valence-corrected chi connectivity index (χ2v) is 9.32. The third kappa shape index (κ3) is 5.98. The van der Waals surface area contributed by atoms with Crippen LogP contribution in [0, 0.1) is 0 Å². The zero-order valence-electron chi connectivity index (χ0n) is 21.0. The molecule has 1 aromatic rings. The summed E-state index contributed by atoms with van der Waals surface area (Å²) in [5, 5.41) is 11.1. The van der Waals surface area contributed by atoms with E-state index in [9.17, 15) is 9.90 Å². The molecule has 0 amide bonds. The molecule has 2 aliphatic heterocycles. The molecule has 2 saturated heterocycles. The average molecular weight is 481 g/mol. The Hall–Kier alpha value is -1.55. The fourth-order valence-electron chi connectivity index (χ4n) is 4.65. The van der Waals surface area contributed by atoms with Crippen molar-refractivity contribution in [2.45, 2.75) is 108 Å². The molecule has 4 unspecified atom stereocenters. The first-order valence-corrected chi connectivity index (χ1v) is 12.3. The van der Waals surface area contributed by atoms with Gasteiger partial charge in [-0.05, 0) is 38.7 Å². The Morgan fingerprint density at radius 2 is 1.62 bits per heavy atom. The maximum absolute atomic E-state index is 12.0. The molecule has 0 aliphatic carbocycles. The summed E-state index contributed by atoms with van der Waals surface area (Å²) in [5.74, 6) is -2.51. The van der Waals surface area contributed by atoms with E-state index in [1.807, 2.05) is 37.3 Å². The van der Waals surface area contributed by atoms with Crippen molar-refractivity contribution in [2.75, 3.05) is 14.2 Å². The van der Waals surface area contributed by atoms with Gasteiger partial charge in [0.1, 0.15) is 24.9 Å². The first-order chi connectivity index (χ1) is 16.3. The summed E-state index contributed by atoms with van der Waals surface area (Å²) in [6.45, 7) is 5.84. The van der Waals surface area contributed by atoms with E-state index in [1.165, 1.54) is 7.11 Å². The lowest BCUT2D eigenvalue weighted by Crippen LogP contribution is -2.72. The van der Waals surface area contributed by atoms with Gasteiger partial charge in [0.25, 0.3) is 0 Å². The molecule has 7 atom stereocenters. The van der Waals surface area contributed by atoms with Crippen LogP contribution in [0.4, 0.5) is 0 Å². The van der Waals surface area contributed by atoms with Gasteiger partial charge in [-0.1, -0.05) is 50.1 Å². The number of carbonyl (C=O) groups is 1. The van der Waals surface area contributed by atoms with E-state index in [2.05, 4.69) is 0 Å². The lowest BCUT2D eigenvalue weighted by molar-refractivity contribution is -0.472. The molecule has 1 N–H and O–H groups in total. The highest BCUT2D eigenvalue weighted by Gasteiger charge is 2.61. The molecule has 2 heterocycles. The molecule has 8 nitrogen and oxygen atoms in total. The van der Waals surface area contributed by atoms with Gasteiger partial charge in [-0.3, -0.25) is 4.79 Å². The molecule has 0 saturated carbocycles. The Labute approximate surface area is 202 Å². The van der Waals surface area contributed by atoms with E-state index in [-0.39, 0.29) is 18.2 Å². The zero-order valence-corrected chi connectivity index (χ0v) is 21.0. The molecule has 34 heavy (non-hydrogen) atoms. The van der Waals surface area contributed by atoms with Crippen LogP contribution in [0.25, 0.3) is 0 Å². The van der Waals surface area contributed by atoms with Crippen LogP contribution in [0.15, 0.2) is 30.3 Å². The molecule has 8 heteroatoms. The summed E-state index contributed by atoms with van der Waals surface area (Å²) < 4.78 is 35.3. The zero-order chi connectivity index (χ0) is 24.8. The van der Waals surface area contributed by atoms with Gasteiger partial charge in [-0.25, -0.2) is 0 Å². The normalized spacial score (nSPS) is 35.5. The predicted octanol–water partition coefficient (Wildman–Crippen LogP) is 3.73. The highest BCUT2D eigenvalue weighted by atomic mass is 16.8. The van der Waals surface area contributed by atoms with E-state index in [1.54, 1.807) is 21.0 Å². The van der Waals surface area contributed by atoms with E-state index >= 15 is 0 Å². The SMILES string of the molecule is CCC1O[C@H](CCCCCC(=O)OCc2ccccc2)C(O)[C@H]2OC(C)(OC)C(C)(OC)O[C@H]12. The molecular weight excluding hydrogens is 440 g/mol. The second kappa shape index (κ2) is 11.9. The summed E-state index contributed by atoms with van der Waals surface area (Å²) >= 11 is 0. The molecular formula is C26H40O8. The number of unbranched alkanes of at least 4 members (excludes halogenated alkanes) is 2. The number of fused-ring (bicyclic) bond motifs is 1. The number of ether oxygens (including phenoxy) is 6. The third-order valence-corrected chi connectivity index (χ3v) is 7.10. The fraction of sp³-hybridized carbons (Fsp3) is 0.731. The first-order valence-electron chi connectivity index (χ1n) is 12.3.